The van der Waals surface area contributed by atoms with Crippen molar-refractivity contribution in [3.8, 4) is 18.1 Å². The van der Waals surface area contributed by atoms with Crippen molar-refractivity contribution in [2.75, 3.05) is 12.3 Å². The van der Waals surface area contributed by atoms with Crippen LogP contribution in [0.5, 0.6) is 5.75 Å². The van der Waals surface area contributed by atoms with E-state index < -0.39 is 0 Å². The molecule has 0 amide bonds. The molecule has 1 aromatic carbocycles. The first-order chi connectivity index (χ1) is 6.74. The third-order valence-corrected chi connectivity index (χ3v) is 1.92. The third kappa shape index (κ3) is 3.02. The van der Waals surface area contributed by atoms with Crippen molar-refractivity contribution < 1.29 is 4.74 Å². The fraction of sp³-hybridized carbons (Fsp3) is 0.333. The molecule has 1 aromatic rings. The second-order valence-electron chi connectivity index (χ2n) is 3.18. The Labute approximate surface area is 85.1 Å². The summed E-state index contributed by atoms with van der Waals surface area (Å²) >= 11 is 0. The zero-order valence-electron chi connectivity index (χ0n) is 8.42. The predicted molar refractivity (Wildman–Crippen MR) is 59.2 cm³/mol. The second kappa shape index (κ2) is 5.18. The zero-order chi connectivity index (χ0) is 10.4. The Kier molecular flexibility index (Phi) is 3.87. The molecule has 0 spiro atoms. The molecule has 0 radical (unpaired) electrons. The summed E-state index contributed by atoms with van der Waals surface area (Å²) in [6.07, 6.45) is 6.78. The van der Waals surface area contributed by atoms with Crippen LogP contribution in [0.4, 0.5) is 5.69 Å². The first-order valence-corrected chi connectivity index (χ1v) is 4.66. The summed E-state index contributed by atoms with van der Waals surface area (Å²) in [4.78, 5) is 0. The van der Waals surface area contributed by atoms with Crippen molar-refractivity contribution in [1.82, 2.24) is 0 Å². The molecule has 0 aliphatic rings. The van der Waals surface area contributed by atoms with Crippen molar-refractivity contribution in [3.63, 3.8) is 0 Å². The number of anilines is 1. The van der Waals surface area contributed by atoms with Gasteiger partial charge in [0.1, 0.15) is 5.75 Å². The number of hydrogen-bond donors (Lipinski definition) is 1. The Morgan fingerprint density at radius 3 is 2.93 bits per heavy atom. The van der Waals surface area contributed by atoms with E-state index in [0.29, 0.717) is 6.61 Å². The van der Waals surface area contributed by atoms with E-state index in [1.165, 1.54) is 0 Å². The van der Waals surface area contributed by atoms with Crippen LogP contribution >= 0.6 is 0 Å². The minimum Gasteiger partial charge on any atom is -0.493 e. The van der Waals surface area contributed by atoms with E-state index in [1.54, 1.807) is 0 Å². The maximum absolute atomic E-state index is 5.62. The topological polar surface area (TPSA) is 35.2 Å². The molecule has 0 saturated carbocycles. The highest BCUT2D eigenvalue weighted by Crippen LogP contribution is 2.20. The molecule has 0 bridgehead atoms. The summed E-state index contributed by atoms with van der Waals surface area (Å²) in [5.41, 5.74) is 7.45. The van der Waals surface area contributed by atoms with Crippen LogP contribution in [-0.4, -0.2) is 6.61 Å². The number of benzene rings is 1. The van der Waals surface area contributed by atoms with Gasteiger partial charge in [0.2, 0.25) is 0 Å². The van der Waals surface area contributed by atoms with Crippen molar-refractivity contribution in [2.24, 2.45) is 0 Å². The molecule has 0 heterocycles. The van der Waals surface area contributed by atoms with Gasteiger partial charge < -0.3 is 10.5 Å². The van der Waals surface area contributed by atoms with E-state index in [1.807, 2.05) is 25.1 Å². The lowest BCUT2D eigenvalue weighted by Crippen LogP contribution is -1.98. The maximum atomic E-state index is 5.62. The summed E-state index contributed by atoms with van der Waals surface area (Å²) < 4.78 is 5.54. The quantitative estimate of drug-likeness (QED) is 0.448. The van der Waals surface area contributed by atoms with E-state index in [2.05, 4.69) is 5.92 Å². The second-order valence-corrected chi connectivity index (χ2v) is 3.18. The van der Waals surface area contributed by atoms with E-state index in [-0.39, 0.29) is 0 Å². The van der Waals surface area contributed by atoms with Crippen LogP contribution in [0.3, 0.4) is 0 Å². The molecule has 14 heavy (non-hydrogen) atoms. The highest BCUT2D eigenvalue weighted by Gasteiger charge is 1.98. The number of aryl methyl sites for hydroxylation is 1. The first-order valence-electron chi connectivity index (χ1n) is 4.66. The van der Waals surface area contributed by atoms with Crippen LogP contribution in [0.2, 0.25) is 0 Å². The molecule has 2 heteroatoms. The largest absolute Gasteiger partial charge is 0.493 e. The van der Waals surface area contributed by atoms with Gasteiger partial charge >= 0.3 is 0 Å². The molecular formula is C12H15NO. The lowest BCUT2D eigenvalue weighted by atomic mass is 10.2. The van der Waals surface area contributed by atoms with E-state index in [4.69, 9.17) is 16.9 Å². The average Bonchev–Trinajstić information content (AvgIpc) is 2.15. The number of hydrogen-bond acceptors (Lipinski definition) is 2. The van der Waals surface area contributed by atoms with Gasteiger partial charge in [-0.3, -0.25) is 0 Å². The van der Waals surface area contributed by atoms with Crippen molar-refractivity contribution in [1.29, 1.82) is 0 Å². The van der Waals surface area contributed by atoms with Crippen LogP contribution < -0.4 is 10.5 Å². The van der Waals surface area contributed by atoms with Gasteiger partial charge in [0, 0.05) is 12.1 Å². The molecule has 0 aliphatic heterocycles. The number of terminal acetylenes is 1. The highest BCUT2D eigenvalue weighted by atomic mass is 16.5. The molecule has 74 valence electrons. The monoisotopic (exact) mass is 189 g/mol. The zero-order valence-corrected chi connectivity index (χ0v) is 8.42. The van der Waals surface area contributed by atoms with Crippen LogP contribution in [-0.2, 0) is 0 Å². The van der Waals surface area contributed by atoms with Crippen molar-refractivity contribution in [3.05, 3.63) is 23.8 Å². The molecular weight excluding hydrogens is 174 g/mol. The SMILES string of the molecule is C#CCCCOc1ccc(N)cc1C. The van der Waals surface area contributed by atoms with Gasteiger partial charge in [-0.05, 0) is 37.1 Å². The molecule has 1 rings (SSSR count). The van der Waals surface area contributed by atoms with Crippen molar-refractivity contribution >= 4 is 5.69 Å². The lowest BCUT2D eigenvalue weighted by molar-refractivity contribution is 0.311. The van der Waals surface area contributed by atoms with E-state index >= 15 is 0 Å². The Balaban J connectivity index is 2.47. The number of nitrogens with two attached hydrogens (primary N) is 1. The van der Waals surface area contributed by atoms with Gasteiger partial charge in [-0.1, -0.05) is 0 Å². The van der Waals surface area contributed by atoms with Crippen LogP contribution in [0, 0.1) is 19.3 Å². The third-order valence-electron chi connectivity index (χ3n) is 1.92. The van der Waals surface area contributed by atoms with Gasteiger partial charge in [-0.2, -0.15) is 0 Å². The fourth-order valence-electron chi connectivity index (χ4n) is 1.19. The summed E-state index contributed by atoms with van der Waals surface area (Å²) in [7, 11) is 0. The molecule has 0 atom stereocenters. The number of unbranched alkanes of at least 4 members (excludes halogenated alkanes) is 1. The molecule has 0 fully saturated rings. The van der Waals surface area contributed by atoms with Crippen LogP contribution in [0.25, 0.3) is 0 Å². The van der Waals surface area contributed by atoms with Crippen LogP contribution in [0.1, 0.15) is 18.4 Å². The molecule has 0 aromatic heterocycles. The summed E-state index contributed by atoms with van der Waals surface area (Å²) in [5, 5.41) is 0. The summed E-state index contributed by atoms with van der Waals surface area (Å²) in [6.45, 7) is 2.64. The normalized spacial score (nSPS) is 9.43. The number of rotatable bonds is 4. The Bertz CT molecular complexity index is 339. The average molecular weight is 189 g/mol. The van der Waals surface area contributed by atoms with E-state index in [0.717, 1.165) is 29.8 Å². The predicted octanol–water partition coefficient (Wildman–Crippen LogP) is 2.37. The van der Waals surface area contributed by atoms with Crippen LogP contribution in [0.15, 0.2) is 18.2 Å². The molecule has 0 unspecified atom stereocenters. The Morgan fingerprint density at radius 1 is 1.50 bits per heavy atom. The minimum atomic E-state index is 0.662. The smallest absolute Gasteiger partial charge is 0.122 e. The summed E-state index contributed by atoms with van der Waals surface area (Å²) in [6, 6.07) is 5.63. The highest BCUT2D eigenvalue weighted by molar-refractivity contribution is 5.47. The van der Waals surface area contributed by atoms with Crippen molar-refractivity contribution in [2.45, 2.75) is 19.8 Å². The van der Waals surface area contributed by atoms with Gasteiger partial charge in [-0.25, -0.2) is 0 Å². The molecule has 0 aliphatic carbocycles. The maximum Gasteiger partial charge on any atom is 0.122 e. The van der Waals surface area contributed by atoms with Gasteiger partial charge in [0.25, 0.3) is 0 Å². The Hall–Kier alpha value is -1.62. The molecule has 2 N–H and O–H groups in total. The van der Waals surface area contributed by atoms with E-state index in [9.17, 15) is 0 Å². The van der Waals surface area contributed by atoms with Gasteiger partial charge in [0.05, 0.1) is 6.61 Å². The minimum absolute atomic E-state index is 0.662. The molecule has 2 nitrogen and oxygen atoms in total. The standard InChI is InChI=1S/C12H15NO/c1-3-4-5-8-14-12-7-6-11(13)9-10(12)2/h1,6-7,9H,4-5,8,13H2,2H3. The van der Waals surface area contributed by atoms with Gasteiger partial charge in [-0.15, -0.1) is 12.3 Å². The fourth-order valence-corrected chi connectivity index (χ4v) is 1.19. The lowest BCUT2D eigenvalue weighted by Gasteiger charge is -2.08. The first kappa shape index (κ1) is 10.5. The number of nitrogen functional groups attached to an aromatic ring is 1. The number of ether oxygens (including phenoxy) is 1. The van der Waals surface area contributed by atoms with Gasteiger partial charge in [0.15, 0.2) is 0 Å². The Morgan fingerprint density at radius 2 is 2.29 bits per heavy atom. The molecule has 0 saturated heterocycles. The summed E-state index contributed by atoms with van der Waals surface area (Å²) in [5.74, 6) is 3.46.